The number of cyclic esters (lactones) is 1. The zero-order valence-corrected chi connectivity index (χ0v) is 13.4. The first-order valence-electron chi connectivity index (χ1n) is 8.49. The predicted molar refractivity (Wildman–Crippen MR) is 86.7 cm³/mol. The van der Waals surface area contributed by atoms with Gasteiger partial charge in [0.15, 0.2) is 0 Å². The lowest BCUT2D eigenvalue weighted by Crippen LogP contribution is -2.47. The number of carbonyl (C=O) groups is 2. The molecule has 0 unspecified atom stereocenters. The summed E-state index contributed by atoms with van der Waals surface area (Å²) in [5.41, 5.74) is 1.05. The lowest BCUT2D eigenvalue weighted by atomic mass is 9.89. The first kappa shape index (κ1) is 15.8. The van der Waals surface area contributed by atoms with Crippen LogP contribution < -0.4 is 5.32 Å². The Labute approximate surface area is 137 Å². The average molecular weight is 316 g/mol. The van der Waals surface area contributed by atoms with E-state index in [0.717, 1.165) is 18.4 Å². The number of ether oxygens (including phenoxy) is 1. The number of carbonyl (C=O) groups excluding carboxylic acids is 2. The highest BCUT2D eigenvalue weighted by Gasteiger charge is 2.39. The highest BCUT2D eigenvalue weighted by molar-refractivity contribution is 5.87. The Balaban J connectivity index is 1.56. The molecule has 0 bridgehead atoms. The molecule has 2 aliphatic rings. The fourth-order valence-corrected chi connectivity index (χ4v) is 3.42. The van der Waals surface area contributed by atoms with Crippen LogP contribution in [-0.4, -0.2) is 36.1 Å². The molecule has 1 atom stereocenters. The van der Waals surface area contributed by atoms with E-state index in [4.69, 9.17) is 4.74 Å². The Hall–Kier alpha value is -2.04. The second kappa shape index (κ2) is 7.49. The SMILES string of the molecule is O=C(NCc1ccccc1)[C@@H]1COC(=O)N1CC1CCCCC1. The molecule has 0 spiro atoms. The normalized spacial score (nSPS) is 22.0. The van der Waals surface area contributed by atoms with Crippen LogP contribution in [0.15, 0.2) is 30.3 Å². The van der Waals surface area contributed by atoms with Gasteiger partial charge in [0, 0.05) is 13.1 Å². The van der Waals surface area contributed by atoms with Crippen LogP contribution in [0, 0.1) is 5.92 Å². The topological polar surface area (TPSA) is 58.6 Å². The summed E-state index contributed by atoms with van der Waals surface area (Å²) in [5.74, 6) is 0.370. The third-order valence-corrected chi connectivity index (χ3v) is 4.77. The summed E-state index contributed by atoms with van der Waals surface area (Å²) in [6.07, 6.45) is 5.65. The van der Waals surface area contributed by atoms with E-state index in [-0.39, 0.29) is 18.6 Å². The summed E-state index contributed by atoms with van der Waals surface area (Å²) in [4.78, 5) is 26.0. The average Bonchev–Trinajstić information content (AvgIpc) is 2.95. The van der Waals surface area contributed by atoms with Crippen LogP contribution in [0.2, 0.25) is 0 Å². The highest BCUT2D eigenvalue weighted by atomic mass is 16.6. The van der Waals surface area contributed by atoms with E-state index in [1.807, 2.05) is 30.3 Å². The highest BCUT2D eigenvalue weighted by Crippen LogP contribution is 2.26. The van der Waals surface area contributed by atoms with Crippen LogP contribution in [0.4, 0.5) is 4.79 Å². The van der Waals surface area contributed by atoms with Crippen LogP contribution >= 0.6 is 0 Å². The fraction of sp³-hybridized carbons (Fsp3) is 0.556. The standard InChI is InChI=1S/C18H24N2O3/c21-17(19-11-14-7-3-1-4-8-14)16-13-23-18(22)20(16)12-15-9-5-2-6-10-15/h1,3-4,7-8,15-16H,2,5-6,9-13H2,(H,19,21)/t16-/m0/s1. The van der Waals surface area contributed by atoms with Crippen molar-refractivity contribution in [3.63, 3.8) is 0 Å². The molecule has 124 valence electrons. The Kier molecular flexibility index (Phi) is 5.16. The summed E-state index contributed by atoms with van der Waals surface area (Å²) >= 11 is 0. The van der Waals surface area contributed by atoms with E-state index in [1.54, 1.807) is 4.90 Å². The number of rotatable bonds is 5. The van der Waals surface area contributed by atoms with E-state index < -0.39 is 6.04 Å². The van der Waals surface area contributed by atoms with Gasteiger partial charge in [-0.25, -0.2) is 4.79 Å². The lowest BCUT2D eigenvalue weighted by molar-refractivity contribution is -0.125. The molecule has 1 saturated heterocycles. The first-order chi connectivity index (χ1) is 11.2. The quantitative estimate of drug-likeness (QED) is 0.908. The molecule has 1 aliphatic carbocycles. The van der Waals surface area contributed by atoms with Crippen molar-refractivity contribution in [2.24, 2.45) is 5.92 Å². The van der Waals surface area contributed by atoms with Gasteiger partial charge in [0.25, 0.3) is 0 Å². The van der Waals surface area contributed by atoms with Gasteiger partial charge in [-0.3, -0.25) is 9.69 Å². The monoisotopic (exact) mass is 316 g/mol. The molecule has 1 aromatic rings. The summed E-state index contributed by atoms with van der Waals surface area (Å²) in [5, 5.41) is 2.92. The van der Waals surface area contributed by atoms with Crippen LogP contribution in [0.25, 0.3) is 0 Å². The molecule has 23 heavy (non-hydrogen) atoms. The molecule has 2 amide bonds. The second-order valence-corrected chi connectivity index (χ2v) is 6.45. The van der Waals surface area contributed by atoms with Gasteiger partial charge in [-0.05, 0) is 24.3 Å². The van der Waals surface area contributed by atoms with Gasteiger partial charge in [0.1, 0.15) is 12.6 Å². The largest absolute Gasteiger partial charge is 0.447 e. The van der Waals surface area contributed by atoms with Gasteiger partial charge in [-0.1, -0.05) is 49.6 Å². The summed E-state index contributed by atoms with van der Waals surface area (Å²) in [6.45, 7) is 1.27. The van der Waals surface area contributed by atoms with E-state index in [9.17, 15) is 9.59 Å². The summed E-state index contributed by atoms with van der Waals surface area (Å²) in [6, 6.07) is 9.28. The van der Waals surface area contributed by atoms with Crippen molar-refractivity contribution in [1.29, 1.82) is 0 Å². The molecular formula is C18H24N2O3. The minimum Gasteiger partial charge on any atom is -0.447 e. The van der Waals surface area contributed by atoms with E-state index >= 15 is 0 Å². The van der Waals surface area contributed by atoms with Gasteiger partial charge in [-0.2, -0.15) is 0 Å². The van der Waals surface area contributed by atoms with Gasteiger partial charge in [-0.15, -0.1) is 0 Å². The minimum atomic E-state index is -0.492. The van der Waals surface area contributed by atoms with E-state index in [0.29, 0.717) is 19.0 Å². The smallest absolute Gasteiger partial charge is 0.410 e. The van der Waals surface area contributed by atoms with Crippen molar-refractivity contribution >= 4 is 12.0 Å². The van der Waals surface area contributed by atoms with Crippen molar-refractivity contribution < 1.29 is 14.3 Å². The number of hydrogen-bond acceptors (Lipinski definition) is 3. The number of hydrogen-bond donors (Lipinski definition) is 1. The van der Waals surface area contributed by atoms with Gasteiger partial charge in [0.05, 0.1) is 0 Å². The third kappa shape index (κ3) is 4.03. The Morgan fingerprint density at radius 2 is 1.91 bits per heavy atom. The molecule has 1 aromatic carbocycles. The molecule has 3 rings (SSSR count). The Morgan fingerprint density at radius 1 is 1.17 bits per heavy atom. The van der Waals surface area contributed by atoms with Crippen molar-refractivity contribution in [1.82, 2.24) is 10.2 Å². The zero-order valence-electron chi connectivity index (χ0n) is 13.4. The minimum absolute atomic E-state index is 0.129. The van der Waals surface area contributed by atoms with Crippen molar-refractivity contribution in [3.05, 3.63) is 35.9 Å². The van der Waals surface area contributed by atoms with Crippen molar-refractivity contribution in [2.75, 3.05) is 13.2 Å². The Bertz CT molecular complexity index is 540. The molecule has 1 heterocycles. The van der Waals surface area contributed by atoms with Crippen LogP contribution in [0.1, 0.15) is 37.7 Å². The molecule has 0 aromatic heterocycles. The maximum Gasteiger partial charge on any atom is 0.410 e. The van der Waals surface area contributed by atoms with Crippen LogP contribution in [0.3, 0.4) is 0 Å². The molecule has 1 N–H and O–H groups in total. The van der Waals surface area contributed by atoms with E-state index in [1.165, 1.54) is 19.3 Å². The van der Waals surface area contributed by atoms with E-state index in [2.05, 4.69) is 5.32 Å². The first-order valence-corrected chi connectivity index (χ1v) is 8.49. The maximum absolute atomic E-state index is 12.4. The molecule has 1 aliphatic heterocycles. The lowest BCUT2D eigenvalue weighted by Gasteiger charge is -2.28. The molecular weight excluding hydrogens is 292 g/mol. The molecule has 5 heteroatoms. The Morgan fingerprint density at radius 3 is 2.65 bits per heavy atom. The molecule has 5 nitrogen and oxygen atoms in total. The molecule has 0 radical (unpaired) electrons. The second-order valence-electron chi connectivity index (χ2n) is 6.45. The number of nitrogens with zero attached hydrogens (tertiary/aromatic N) is 1. The maximum atomic E-state index is 12.4. The van der Waals surface area contributed by atoms with Gasteiger partial charge >= 0.3 is 6.09 Å². The number of amides is 2. The molecule has 2 fully saturated rings. The zero-order chi connectivity index (χ0) is 16.1. The van der Waals surface area contributed by atoms with Crippen molar-refractivity contribution in [3.8, 4) is 0 Å². The van der Waals surface area contributed by atoms with Gasteiger partial charge in [0.2, 0.25) is 5.91 Å². The summed E-state index contributed by atoms with van der Waals surface area (Å²) < 4.78 is 5.12. The number of benzene rings is 1. The van der Waals surface area contributed by atoms with Crippen LogP contribution in [-0.2, 0) is 16.1 Å². The number of nitrogens with one attached hydrogen (secondary N) is 1. The van der Waals surface area contributed by atoms with Crippen LogP contribution in [0.5, 0.6) is 0 Å². The summed E-state index contributed by atoms with van der Waals surface area (Å²) in [7, 11) is 0. The fourth-order valence-electron chi connectivity index (χ4n) is 3.42. The third-order valence-electron chi connectivity index (χ3n) is 4.77. The predicted octanol–water partition coefficient (Wildman–Crippen LogP) is 2.70. The van der Waals surface area contributed by atoms with Crippen molar-refractivity contribution in [2.45, 2.75) is 44.7 Å². The molecule has 1 saturated carbocycles. The van der Waals surface area contributed by atoms with Gasteiger partial charge < -0.3 is 10.1 Å².